The maximum atomic E-state index is 13.6. The first-order valence-electron chi connectivity index (χ1n) is 5.76. The van der Waals surface area contributed by atoms with E-state index in [-0.39, 0.29) is 5.82 Å². The predicted octanol–water partition coefficient (Wildman–Crippen LogP) is 3.34. The van der Waals surface area contributed by atoms with Crippen molar-refractivity contribution in [3.63, 3.8) is 0 Å². The number of furan rings is 1. The number of hydrogen-bond donors (Lipinski definition) is 1. The molecule has 3 aromatic rings. The second-order valence-electron chi connectivity index (χ2n) is 3.96. The SMILES string of the molecule is Nc1ccc(SCc2nnc(-c3ccco3)o2)c(F)c1. The van der Waals surface area contributed by atoms with Crippen LogP contribution >= 0.6 is 11.8 Å². The zero-order valence-corrected chi connectivity index (χ0v) is 11.1. The Morgan fingerprint density at radius 3 is 2.90 bits per heavy atom. The minimum atomic E-state index is -0.360. The molecule has 20 heavy (non-hydrogen) atoms. The van der Waals surface area contributed by atoms with Crippen molar-refractivity contribution in [1.29, 1.82) is 0 Å². The van der Waals surface area contributed by atoms with Crippen LogP contribution in [0.15, 0.2) is 50.3 Å². The van der Waals surface area contributed by atoms with Crippen LogP contribution in [0.3, 0.4) is 0 Å². The Morgan fingerprint density at radius 2 is 2.15 bits per heavy atom. The summed E-state index contributed by atoms with van der Waals surface area (Å²) in [5.74, 6) is 1.23. The Hall–Kier alpha value is -2.28. The van der Waals surface area contributed by atoms with E-state index in [4.69, 9.17) is 14.6 Å². The predicted molar refractivity (Wildman–Crippen MR) is 72.4 cm³/mol. The lowest BCUT2D eigenvalue weighted by Gasteiger charge is -2.01. The Balaban J connectivity index is 1.70. The molecule has 5 nitrogen and oxygen atoms in total. The summed E-state index contributed by atoms with van der Waals surface area (Å²) in [6.45, 7) is 0. The van der Waals surface area contributed by atoms with Crippen LogP contribution in [-0.2, 0) is 5.75 Å². The lowest BCUT2D eigenvalue weighted by Crippen LogP contribution is -1.88. The molecular weight excluding hydrogens is 281 g/mol. The fourth-order valence-electron chi connectivity index (χ4n) is 1.59. The fourth-order valence-corrected chi connectivity index (χ4v) is 2.34. The minimum absolute atomic E-state index is 0.309. The Morgan fingerprint density at radius 1 is 1.25 bits per heavy atom. The molecule has 0 aliphatic carbocycles. The summed E-state index contributed by atoms with van der Waals surface area (Å²) in [5.41, 5.74) is 5.89. The van der Waals surface area contributed by atoms with Gasteiger partial charge in [-0.05, 0) is 30.3 Å². The molecule has 0 bridgehead atoms. The average Bonchev–Trinajstić information content (AvgIpc) is 3.08. The molecule has 2 aromatic heterocycles. The third kappa shape index (κ3) is 2.67. The molecule has 2 N–H and O–H groups in total. The van der Waals surface area contributed by atoms with Gasteiger partial charge in [-0.15, -0.1) is 22.0 Å². The van der Waals surface area contributed by atoms with Gasteiger partial charge in [-0.1, -0.05) is 0 Å². The van der Waals surface area contributed by atoms with Crippen molar-refractivity contribution in [2.75, 3.05) is 5.73 Å². The van der Waals surface area contributed by atoms with Gasteiger partial charge in [-0.25, -0.2) is 4.39 Å². The van der Waals surface area contributed by atoms with E-state index in [0.717, 1.165) is 0 Å². The average molecular weight is 291 g/mol. The molecule has 0 saturated carbocycles. The second-order valence-corrected chi connectivity index (χ2v) is 4.97. The summed E-state index contributed by atoms with van der Waals surface area (Å²) in [7, 11) is 0. The maximum absolute atomic E-state index is 13.6. The first-order valence-corrected chi connectivity index (χ1v) is 6.75. The van der Waals surface area contributed by atoms with Gasteiger partial charge in [0.15, 0.2) is 5.76 Å². The van der Waals surface area contributed by atoms with Gasteiger partial charge >= 0.3 is 0 Å². The van der Waals surface area contributed by atoms with Crippen molar-refractivity contribution in [2.24, 2.45) is 0 Å². The number of nitrogens with two attached hydrogens (primary N) is 1. The number of thioether (sulfide) groups is 1. The third-order valence-corrected chi connectivity index (χ3v) is 3.54. The Bertz CT molecular complexity index is 712. The number of anilines is 1. The molecule has 0 saturated heterocycles. The number of nitrogens with zero attached hydrogens (tertiary/aromatic N) is 2. The number of benzene rings is 1. The second kappa shape index (κ2) is 5.38. The molecule has 7 heteroatoms. The standard InChI is InChI=1S/C13H10FN3O2S/c14-9-6-8(15)3-4-11(9)20-7-12-16-17-13(19-12)10-2-1-5-18-10/h1-6H,7,15H2. The highest BCUT2D eigenvalue weighted by atomic mass is 32.2. The van der Waals surface area contributed by atoms with Gasteiger partial charge in [-0.3, -0.25) is 0 Å². The van der Waals surface area contributed by atoms with Crippen molar-refractivity contribution in [3.8, 4) is 11.7 Å². The first-order chi connectivity index (χ1) is 9.72. The quantitative estimate of drug-likeness (QED) is 0.586. The summed E-state index contributed by atoms with van der Waals surface area (Å²) in [6, 6.07) is 8.01. The molecule has 102 valence electrons. The van der Waals surface area contributed by atoms with E-state index >= 15 is 0 Å². The maximum Gasteiger partial charge on any atom is 0.283 e. The Labute approximate surface area is 118 Å². The van der Waals surface area contributed by atoms with E-state index in [0.29, 0.717) is 33.9 Å². The zero-order chi connectivity index (χ0) is 13.9. The summed E-state index contributed by atoms with van der Waals surface area (Å²) < 4.78 is 24.2. The van der Waals surface area contributed by atoms with Gasteiger partial charge in [0, 0.05) is 10.6 Å². The van der Waals surface area contributed by atoms with Crippen LogP contribution < -0.4 is 5.73 Å². The van der Waals surface area contributed by atoms with Gasteiger partial charge in [0.25, 0.3) is 5.89 Å². The molecule has 0 aliphatic rings. The lowest BCUT2D eigenvalue weighted by atomic mass is 10.3. The van der Waals surface area contributed by atoms with Crippen molar-refractivity contribution < 1.29 is 13.2 Å². The van der Waals surface area contributed by atoms with Crippen molar-refractivity contribution >= 4 is 17.4 Å². The summed E-state index contributed by atoms with van der Waals surface area (Å²) >= 11 is 1.26. The van der Waals surface area contributed by atoms with Crippen molar-refractivity contribution in [3.05, 3.63) is 48.3 Å². The molecule has 0 fully saturated rings. The topological polar surface area (TPSA) is 78.1 Å². The van der Waals surface area contributed by atoms with E-state index in [1.165, 1.54) is 24.1 Å². The van der Waals surface area contributed by atoms with E-state index < -0.39 is 0 Å². The number of nitrogen functional groups attached to an aromatic ring is 1. The number of rotatable bonds is 4. The van der Waals surface area contributed by atoms with Crippen LogP contribution in [0, 0.1) is 5.82 Å². The molecule has 2 heterocycles. The minimum Gasteiger partial charge on any atom is -0.459 e. The van der Waals surface area contributed by atoms with E-state index in [2.05, 4.69) is 10.2 Å². The van der Waals surface area contributed by atoms with E-state index in [1.54, 1.807) is 24.3 Å². The van der Waals surface area contributed by atoms with E-state index in [9.17, 15) is 4.39 Å². The van der Waals surface area contributed by atoms with Crippen LogP contribution in [0.5, 0.6) is 0 Å². The van der Waals surface area contributed by atoms with Gasteiger partial charge in [-0.2, -0.15) is 0 Å². The van der Waals surface area contributed by atoms with Gasteiger partial charge in [0.1, 0.15) is 5.82 Å². The molecule has 0 spiro atoms. The third-order valence-electron chi connectivity index (χ3n) is 2.51. The van der Waals surface area contributed by atoms with Gasteiger partial charge < -0.3 is 14.6 Å². The fraction of sp³-hybridized carbons (Fsp3) is 0.0769. The first kappa shape index (κ1) is 12.7. The van der Waals surface area contributed by atoms with Crippen LogP contribution in [-0.4, -0.2) is 10.2 Å². The number of hydrogen-bond acceptors (Lipinski definition) is 6. The van der Waals surface area contributed by atoms with Crippen molar-refractivity contribution in [1.82, 2.24) is 10.2 Å². The highest BCUT2D eigenvalue weighted by Gasteiger charge is 2.12. The smallest absolute Gasteiger partial charge is 0.283 e. The zero-order valence-electron chi connectivity index (χ0n) is 10.2. The lowest BCUT2D eigenvalue weighted by molar-refractivity contribution is 0.494. The highest BCUT2D eigenvalue weighted by Crippen LogP contribution is 2.27. The van der Waals surface area contributed by atoms with E-state index in [1.807, 2.05) is 0 Å². The summed E-state index contributed by atoms with van der Waals surface area (Å²) in [6.07, 6.45) is 1.53. The summed E-state index contributed by atoms with van der Waals surface area (Å²) in [5, 5.41) is 7.76. The molecule has 0 atom stereocenters. The molecular formula is C13H10FN3O2S. The monoisotopic (exact) mass is 291 g/mol. The molecule has 1 aromatic carbocycles. The van der Waals surface area contributed by atoms with Gasteiger partial charge in [0.2, 0.25) is 5.89 Å². The highest BCUT2D eigenvalue weighted by molar-refractivity contribution is 7.98. The summed E-state index contributed by atoms with van der Waals surface area (Å²) in [4.78, 5) is 0.483. The van der Waals surface area contributed by atoms with Gasteiger partial charge in [0.05, 0.1) is 12.0 Å². The van der Waals surface area contributed by atoms with Crippen molar-refractivity contribution in [2.45, 2.75) is 10.6 Å². The van der Waals surface area contributed by atoms with Crippen LogP contribution in [0.4, 0.5) is 10.1 Å². The molecule has 0 unspecified atom stereocenters. The number of halogens is 1. The largest absolute Gasteiger partial charge is 0.459 e. The van der Waals surface area contributed by atoms with Crippen LogP contribution in [0.25, 0.3) is 11.7 Å². The molecule has 3 rings (SSSR count). The molecule has 0 radical (unpaired) electrons. The Kier molecular flexibility index (Phi) is 3.42. The number of aromatic nitrogens is 2. The molecule has 0 aliphatic heterocycles. The molecule has 0 amide bonds. The normalized spacial score (nSPS) is 10.8. The van der Waals surface area contributed by atoms with Crippen LogP contribution in [0.1, 0.15) is 5.89 Å². The van der Waals surface area contributed by atoms with Crippen LogP contribution in [0.2, 0.25) is 0 Å².